The number of rotatable bonds is 3. The molecule has 3 N–H and O–H groups in total. The molecular weight excluding hydrogens is 367 g/mol. The van der Waals surface area contributed by atoms with E-state index in [1.165, 1.54) is 10.8 Å². The van der Waals surface area contributed by atoms with Crippen LogP contribution in [0.1, 0.15) is 18.2 Å². The minimum Gasteiger partial charge on any atom is -0.394 e. The van der Waals surface area contributed by atoms with Crippen molar-refractivity contribution in [3.63, 3.8) is 0 Å². The number of ether oxygens (including phenoxy) is 1. The molecule has 1 unspecified atom stereocenters. The molecule has 0 saturated carbocycles. The topological polar surface area (TPSA) is 105 Å². The van der Waals surface area contributed by atoms with E-state index in [0.717, 1.165) is 0 Å². The molecule has 1 aliphatic rings. The van der Waals surface area contributed by atoms with Crippen LogP contribution >= 0.6 is 22.6 Å². The lowest BCUT2D eigenvalue weighted by atomic mass is 10.2. The summed E-state index contributed by atoms with van der Waals surface area (Å²) >= 11 is 1.96. The Kier molecular flexibility index (Phi) is 4.55. The van der Waals surface area contributed by atoms with Gasteiger partial charge in [0.1, 0.15) is 12.3 Å². The molecule has 1 aromatic heterocycles. The van der Waals surface area contributed by atoms with E-state index < -0.39 is 29.7 Å². The van der Waals surface area contributed by atoms with E-state index in [1.807, 2.05) is 22.6 Å². The van der Waals surface area contributed by atoms with Crippen LogP contribution in [-0.4, -0.2) is 38.6 Å². The van der Waals surface area contributed by atoms with E-state index in [0.29, 0.717) is 5.56 Å². The fraction of sp³-hybridized carbons (Fsp3) is 0.455. The number of halogens is 1. The van der Waals surface area contributed by atoms with E-state index in [2.05, 4.69) is 4.98 Å². The highest BCUT2D eigenvalue weighted by Crippen LogP contribution is 2.27. The number of H-pyrrole nitrogens is 1. The third-order valence-electron chi connectivity index (χ3n) is 2.93. The summed E-state index contributed by atoms with van der Waals surface area (Å²) in [6.45, 7) is -0.323. The molecule has 0 aliphatic carbocycles. The lowest BCUT2D eigenvalue weighted by Gasteiger charge is -2.14. The maximum Gasteiger partial charge on any atom is 0.330 e. The molecule has 1 aromatic rings. The van der Waals surface area contributed by atoms with E-state index in [4.69, 9.17) is 9.84 Å². The Balaban J connectivity index is 2.38. The van der Waals surface area contributed by atoms with Gasteiger partial charge < -0.3 is 14.9 Å². The van der Waals surface area contributed by atoms with E-state index in [-0.39, 0.29) is 13.0 Å². The van der Waals surface area contributed by atoms with Crippen LogP contribution in [0.15, 0.2) is 19.9 Å². The molecule has 0 radical (unpaired) electrons. The maximum atomic E-state index is 11.7. The molecule has 0 spiro atoms. The van der Waals surface area contributed by atoms with Gasteiger partial charge in [0, 0.05) is 12.6 Å². The SMILES string of the molecule is O=c1[nH]c(=O)n([C@@H]2CC(O)[C@H](CO)O2)cc1/C=C/I. The van der Waals surface area contributed by atoms with Gasteiger partial charge in [-0.15, -0.1) is 0 Å². The Bertz CT molecular complexity index is 593. The lowest BCUT2D eigenvalue weighted by molar-refractivity contribution is -0.0459. The number of aliphatic hydroxyl groups is 2. The summed E-state index contributed by atoms with van der Waals surface area (Å²) < 4.78 is 8.24. The Labute approximate surface area is 121 Å². The van der Waals surface area contributed by atoms with Crippen LogP contribution in [-0.2, 0) is 4.74 Å². The van der Waals surface area contributed by atoms with E-state index in [9.17, 15) is 14.7 Å². The minimum absolute atomic E-state index is 0.185. The largest absolute Gasteiger partial charge is 0.394 e. The quantitative estimate of drug-likeness (QED) is 0.619. The van der Waals surface area contributed by atoms with Crippen LogP contribution in [0.2, 0.25) is 0 Å². The van der Waals surface area contributed by atoms with Gasteiger partial charge in [-0.05, 0) is 10.2 Å². The first-order chi connectivity index (χ1) is 9.06. The molecule has 2 heterocycles. The Morgan fingerprint density at radius 2 is 2.32 bits per heavy atom. The zero-order valence-corrected chi connectivity index (χ0v) is 12.0. The Hall–Kier alpha value is -0.970. The summed E-state index contributed by atoms with van der Waals surface area (Å²) in [5, 5.41) is 18.7. The summed E-state index contributed by atoms with van der Waals surface area (Å²) in [7, 11) is 0. The molecule has 0 amide bonds. The lowest BCUT2D eigenvalue weighted by Crippen LogP contribution is -2.33. The van der Waals surface area contributed by atoms with Crippen molar-refractivity contribution < 1.29 is 14.9 Å². The zero-order valence-electron chi connectivity index (χ0n) is 9.82. The Morgan fingerprint density at radius 3 is 2.89 bits per heavy atom. The van der Waals surface area contributed by atoms with Crippen molar-refractivity contribution in [2.24, 2.45) is 0 Å². The van der Waals surface area contributed by atoms with Gasteiger partial charge in [-0.3, -0.25) is 14.3 Å². The number of aliphatic hydroxyl groups excluding tert-OH is 2. The smallest absolute Gasteiger partial charge is 0.330 e. The van der Waals surface area contributed by atoms with Crippen molar-refractivity contribution in [3.8, 4) is 0 Å². The van der Waals surface area contributed by atoms with Crippen LogP contribution in [0, 0.1) is 0 Å². The van der Waals surface area contributed by atoms with Crippen LogP contribution in [0.4, 0.5) is 0 Å². The van der Waals surface area contributed by atoms with Gasteiger partial charge in [-0.25, -0.2) is 4.79 Å². The molecule has 19 heavy (non-hydrogen) atoms. The molecule has 8 heteroatoms. The van der Waals surface area contributed by atoms with Gasteiger partial charge in [0.05, 0.1) is 18.3 Å². The first-order valence-corrected chi connectivity index (χ1v) is 6.88. The maximum absolute atomic E-state index is 11.7. The van der Waals surface area contributed by atoms with Crippen LogP contribution in [0.5, 0.6) is 0 Å². The predicted octanol–water partition coefficient (Wildman–Crippen LogP) is -0.417. The van der Waals surface area contributed by atoms with Crippen LogP contribution < -0.4 is 11.2 Å². The van der Waals surface area contributed by atoms with Crippen molar-refractivity contribution in [2.45, 2.75) is 24.9 Å². The number of aromatic nitrogens is 2. The van der Waals surface area contributed by atoms with Crippen molar-refractivity contribution >= 4 is 28.7 Å². The zero-order chi connectivity index (χ0) is 14.0. The minimum atomic E-state index is -0.836. The summed E-state index contributed by atoms with van der Waals surface area (Å²) in [6, 6.07) is 0. The van der Waals surface area contributed by atoms with Gasteiger partial charge in [-0.2, -0.15) is 0 Å². The number of nitrogens with zero attached hydrogens (tertiary/aromatic N) is 1. The van der Waals surface area contributed by atoms with Crippen LogP contribution in [0.3, 0.4) is 0 Å². The number of hydrogen-bond acceptors (Lipinski definition) is 5. The summed E-state index contributed by atoms with van der Waals surface area (Å²) in [4.78, 5) is 25.5. The summed E-state index contributed by atoms with van der Waals surface area (Å²) in [5.41, 5.74) is -0.766. The monoisotopic (exact) mass is 380 g/mol. The molecule has 104 valence electrons. The highest BCUT2D eigenvalue weighted by molar-refractivity contribution is 14.1. The fourth-order valence-corrected chi connectivity index (χ4v) is 2.34. The van der Waals surface area contributed by atoms with Gasteiger partial charge in [0.15, 0.2) is 0 Å². The standard InChI is InChI=1S/C11H13IN2O5/c12-2-1-6-4-14(11(18)13-10(6)17)9-3-7(16)8(5-15)19-9/h1-2,4,7-9,15-16H,3,5H2,(H,13,17,18)/b2-1+/t7?,8-,9-/m0/s1. The summed E-state index contributed by atoms with van der Waals surface area (Å²) in [6.07, 6.45) is 0.880. The molecule has 1 saturated heterocycles. The average Bonchev–Trinajstić information content (AvgIpc) is 2.74. The second-order valence-corrected chi connectivity index (χ2v) is 4.88. The number of aromatic amines is 1. The molecule has 1 aliphatic heterocycles. The van der Waals surface area contributed by atoms with Gasteiger partial charge in [0.25, 0.3) is 5.56 Å². The molecule has 0 bridgehead atoms. The molecular formula is C11H13IN2O5. The number of hydrogen-bond donors (Lipinski definition) is 3. The van der Waals surface area contributed by atoms with Crippen molar-refractivity contribution in [1.82, 2.24) is 9.55 Å². The second-order valence-electron chi connectivity index (χ2n) is 4.16. The molecule has 7 nitrogen and oxygen atoms in total. The van der Waals surface area contributed by atoms with Gasteiger partial charge in [0.2, 0.25) is 0 Å². The van der Waals surface area contributed by atoms with Crippen LogP contribution in [0.25, 0.3) is 6.08 Å². The predicted molar refractivity (Wildman–Crippen MR) is 76.0 cm³/mol. The fourth-order valence-electron chi connectivity index (χ4n) is 1.95. The van der Waals surface area contributed by atoms with Crippen molar-refractivity contribution in [2.75, 3.05) is 6.61 Å². The third-order valence-corrected chi connectivity index (χ3v) is 3.29. The molecule has 0 aromatic carbocycles. The molecule has 1 fully saturated rings. The van der Waals surface area contributed by atoms with Gasteiger partial charge >= 0.3 is 5.69 Å². The number of nitrogens with one attached hydrogen (secondary N) is 1. The van der Waals surface area contributed by atoms with E-state index in [1.54, 1.807) is 10.2 Å². The summed E-state index contributed by atoms with van der Waals surface area (Å²) in [5.74, 6) is 0. The van der Waals surface area contributed by atoms with E-state index >= 15 is 0 Å². The molecule has 3 atom stereocenters. The van der Waals surface area contributed by atoms with Crippen molar-refractivity contribution in [3.05, 3.63) is 36.7 Å². The second kappa shape index (κ2) is 5.99. The molecule has 2 rings (SSSR count). The highest BCUT2D eigenvalue weighted by atomic mass is 127. The van der Waals surface area contributed by atoms with Crippen molar-refractivity contribution in [1.29, 1.82) is 0 Å². The first-order valence-electron chi connectivity index (χ1n) is 5.63. The highest BCUT2D eigenvalue weighted by Gasteiger charge is 2.35. The normalized spacial score (nSPS) is 27.2. The third kappa shape index (κ3) is 2.96. The first kappa shape index (κ1) is 14.4. The van der Waals surface area contributed by atoms with Gasteiger partial charge in [-0.1, -0.05) is 22.6 Å². The Morgan fingerprint density at radius 1 is 1.58 bits per heavy atom. The average molecular weight is 380 g/mol.